The fraction of sp³-hybridized carbons (Fsp3) is 0.250. The zero-order chi connectivity index (χ0) is 15.1. The molecule has 0 fully saturated rings. The van der Waals surface area contributed by atoms with Crippen molar-refractivity contribution in [3.05, 3.63) is 54.0 Å². The molecule has 1 aromatic heterocycles. The molecule has 21 heavy (non-hydrogen) atoms. The molecule has 0 saturated carbocycles. The number of para-hydroxylation sites is 1. The minimum absolute atomic E-state index is 0.131. The van der Waals surface area contributed by atoms with Gasteiger partial charge in [0.05, 0.1) is 6.61 Å². The van der Waals surface area contributed by atoms with Crippen molar-refractivity contribution in [2.24, 2.45) is 0 Å². The van der Waals surface area contributed by atoms with Crippen LogP contribution in [0, 0.1) is 12.7 Å². The van der Waals surface area contributed by atoms with E-state index in [0.717, 1.165) is 5.56 Å². The van der Waals surface area contributed by atoms with Gasteiger partial charge < -0.3 is 10.1 Å². The Bertz CT molecular complexity index is 617. The molecule has 1 heterocycles. The number of nitrogens with zero attached hydrogens (tertiary/aromatic N) is 1. The molecule has 0 aliphatic heterocycles. The maximum Gasteiger partial charge on any atom is 0.225 e. The molecule has 2 rings (SSSR count). The van der Waals surface area contributed by atoms with Crippen LogP contribution in [0.4, 0.5) is 10.2 Å². The second-order valence-corrected chi connectivity index (χ2v) is 4.60. The Morgan fingerprint density at radius 1 is 1.29 bits per heavy atom. The summed E-state index contributed by atoms with van der Waals surface area (Å²) in [5.74, 6) is 0.246. The molecule has 0 aliphatic rings. The molecule has 0 bridgehead atoms. The van der Waals surface area contributed by atoms with Gasteiger partial charge in [-0.05, 0) is 37.1 Å². The van der Waals surface area contributed by atoms with Crippen LogP contribution in [0.25, 0.3) is 0 Å². The standard InChI is InChI=1S/C16H17FN2O2/c1-12-6-4-10-18-16(12)19-15(20)9-5-11-21-14-8-3-2-7-13(14)17/h2-4,6-8,10H,5,9,11H2,1H3,(H,18,19,20). The van der Waals surface area contributed by atoms with Gasteiger partial charge in [-0.25, -0.2) is 9.37 Å². The number of ether oxygens (including phenoxy) is 1. The van der Waals surface area contributed by atoms with E-state index in [-0.39, 0.29) is 18.3 Å². The van der Waals surface area contributed by atoms with Gasteiger partial charge in [-0.3, -0.25) is 4.79 Å². The van der Waals surface area contributed by atoms with Crippen LogP contribution in [-0.4, -0.2) is 17.5 Å². The van der Waals surface area contributed by atoms with E-state index in [2.05, 4.69) is 10.3 Å². The van der Waals surface area contributed by atoms with Crippen LogP contribution in [0.3, 0.4) is 0 Å². The monoisotopic (exact) mass is 288 g/mol. The van der Waals surface area contributed by atoms with Gasteiger partial charge in [0.25, 0.3) is 0 Å². The Labute approximate surface area is 123 Å². The van der Waals surface area contributed by atoms with Crippen molar-refractivity contribution in [1.82, 2.24) is 4.98 Å². The second-order valence-electron chi connectivity index (χ2n) is 4.60. The van der Waals surface area contributed by atoms with Crippen LogP contribution in [0.5, 0.6) is 5.75 Å². The van der Waals surface area contributed by atoms with Crippen molar-refractivity contribution in [3.8, 4) is 5.75 Å². The zero-order valence-electron chi connectivity index (χ0n) is 11.8. The Morgan fingerprint density at radius 3 is 2.86 bits per heavy atom. The Hall–Kier alpha value is -2.43. The summed E-state index contributed by atoms with van der Waals surface area (Å²) in [6.45, 7) is 2.17. The summed E-state index contributed by atoms with van der Waals surface area (Å²) in [5.41, 5.74) is 0.911. The number of nitrogens with one attached hydrogen (secondary N) is 1. The van der Waals surface area contributed by atoms with Crippen molar-refractivity contribution in [3.63, 3.8) is 0 Å². The number of hydrogen-bond acceptors (Lipinski definition) is 3. The third-order valence-electron chi connectivity index (χ3n) is 2.91. The van der Waals surface area contributed by atoms with Crippen LogP contribution in [-0.2, 0) is 4.79 Å². The number of anilines is 1. The molecular formula is C16H17FN2O2. The zero-order valence-corrected chi connectivity index (χ0v) is 11.8. The molecule has 0 atom stereocenters. The van der Waals surface area contributed by atoms with Crippen molar-refractivity contribution in [1.29, 1.82) is 0 Å². The summed E-state index contributed by atoms with van der Waals surface area (Å²) in [6, 6.07) is 9.90. The van der Waals surface area contributed by atoms with Gasteiger partial charge in [0.15, 0.2) is 11.6 Å². The topological polar surface area (TPSA) is 51.2 Å². The second kappa shape index (κ2) is 7.38. The summed E-state index contributed by atoms with van der Waals surface area (Å²) in [6.07, 6.45) is 2.43. The van der Waals surface area contributed by atoms with Gasteiger partial charge >= 0.3 is 0 Å². The van der Waals surface area contributed by atoms with Gasteiger partial charge in [0.1, 0.15) is 5.82 Å². The van der Waals surface area contributed by atoms with Crippen molar-refractivity contribution < 1.29 is 13.9 Å². The van der Waals surface area contributed by atoms with Crippen molar-refractivity contribution >= 4 is 11.7 Å². The number of aromatic nitrogens is 1. The van der Waals surface area contributed by atoms with Crippen LogP contribution in [0.2, 0.25) is 0 Å². The number of halogens is 1. The highest BCUT2D eigenvalue weighted by Gasteiger charge is 2.06. The van der Waals surface area contributed by atoms with Gasteiger partial charge in [-0.2, -0.15) is 0 Å². The first-order valence-corrected chi connectivity index (χ1v) is 6.75. The lowest BCUT2D eigenvalue weighted by Crippen LogP contribution is -2.14. The molecule has 1 aromatic carbocycles. The van der Waals surface area contributed by atoms with E-state index in [9.17, 15) is 9.18 Å². The molecule has 2 aromatic rings. The number of carbonyl (C=O) groups excluding carboxylic acids is 1. The van der Waals surface area contributed by atoms with Crippen molar-refractivity contribution in [2.75, 3.05) is 11.9 Å². The number of rotatable bonds is 6. The van der Waals surface area contributed by atoms with Gasteiger partial charge in [0.2, 0.25) is 5.91 Å². The highest BCUT2D eigenvalue weighted by Crippen LogP contribution is 2.15. The van der Waals surface area contributed by atoms with E-state index in [0.29, 0.717) is 18.7 Å². The lowest BCUT2D eigenvalue weighted by molar-refractivity contribution is -0.116. The molecule has 5 heteroatoms. The molecular weight excluding hydrogens is 271 g/mol. The third-order valence-corrected chi connectivity index (χ3v) is 2.91. The number of hydrogen-bond donors (Lipinski definition) is 1. The van der Waals surface area contributed by atoms with Crippen LogP contribution >= 0.6 is 0 Å². The fourth-order valence-electron chi connectivity index (χ4n) is 1.79. The van der Waals surface area contributed by atoms with Crippen LogP contribution in [0.1, 0.15) is 18.4 Å². The average Bonchev–Trinajstić information content (AvgIpc) is 2.48. The Morgan fingerprint density at radius 2 is 2.10 bits per heavy atom. The predicted octanol–water partition coefficient (Wildman–Crippen LogP) is 3.33. The van der Waals surface area contributed by atoms with Gasteiger partial charge in [-0.15, -0.1) is 0 Å². The molecule has 1 N–H and O–H groups in total. The molecule has 0 spiro atoms. The van der Waals surface area contributed by atoms with E-state index >= 15 is 0 Å². The van der Waals surface area contributed by atoms with E-state index in [1.54, 1.807) is 24.4 Å². The van der Waals surface area contributed by atoms with Crippen molar-refractivity contribution in [2.45, 2.75) is 19.8 Å². The third kappa shape index (κ3) is 4.56. The number of benzene rings is 1. The number of amides is 1. The highest BCUT2D eigenvalue weighted by molar-refractivity contribution is 5.90. The van der Waals surface area contributed by atoms with Gasteiger partial charge in [-0.1, -0.05) is 18.2 Å². The summed E-state index contributed by atoms with van der Waals surface area (Å²) < 4.78 is 18.6. The molecule has 1 amide bonds. The lowest BCUT2D eigenvalue weighted by Gasteiger charge is -2.08. The molecule has 0 unspecified atom stereocenters. The van der Waals surface area contributed by atoms with Gasteiger partial charge in [0, 0.05) is 12.6 Å². The number of pyridine rings is 1. The quantitative estimate of drug-likeness (QED) is 0.829. The van der Waals surface area contributed by atoms with Crippen LogP contribution < -0.4 is 10.1 Å². The fourth-order valence-corrected chi connectivity index (χ4v) is 1.79. The van der Waals surface area contributed by atoms with E-state index in [1.807, 2.05) is 19.1 Å². The Balaban J connectivity index is 1.73. The first-order chi connectivity index (χ1) is 10.2. The number of aryl methyl sites for hydroxylation is 1. The summed E-state index contributed by atoms with van der Waals surface area (Å²) in [4.78, 5) is 15.9. The smallest absolute Gasteiger partial charge is 0.225 e. The first-order valence-electron chi connectivity index (χ1n) is 6.75. The maximum absolute atomic E-state index is 13.3. The minimum atomic E-state index is -0.397. The molecule has 0 radical (unpaired) electrons. The first kappa shape index (κ1) is 15.0. The van der Waals surface area contributed by atoms with E-state index in [4.69, 9.17) is 4.74 Å². The predicted molar refractivity (Wildman–Crippen MR) is 78.7 cm³/mol. The molecule has 4 nitrogen and oxygen atoms in total. The lowest BCUT2D eigenvalue weighted by atomic mass is 10.2. The summed E-state index contributed by atoms with van der Waals surface area (Å²) in [7, 11) is 0. The largest absolute Gasteiger partial charge is 0.491 e. The SMILES string of the molecule is Cc1cccnc1NC(=O)CCCOc1ccccc1F. The molecule has 0 aliphatic carbocycles. The average molecular weight is 288 g/mol. The maximum atomic E-state index is 13.3. The highest BCUT2D eigenvalue weighted by atomic mass is 19.1. The summed E-state index contributed by atoms with van der Waals surface area (Å²) in [5, 5.41) is 2.74. The minimum Gasteiger partial charge on any atom is -0.491 e. The molecule has 0 saturated heterocycles. The molecule has 110 valence electrons. The normalized spacial score (nSPS) is 10.2. The van der Waals surface area contributed by atoms with E-state index in [1.165, 1.54) is 6.07 Å². The number of carbonyl (C=O) groups is 1. The van der Waals surface area contributed by atoms with E-state index < -0.39 is 5.82 Å². The Kier molecular flexibility index (Phi) is 5.26. The van der Waals surface area contributed by atoms with Crippen LogP contribution in [0.15, 0.2) is 42.6 Å². The summed E-state index contributed by atoms with van der Waals surface area (Å²) >= 11 is 0.